The third-order valence-corrected chi connectivity index (χ3v) is 3.98. The lowest BCUT2D eigenvalue weighted by atomic mass is 10.1. The molecule has 0 saturated heterocycles. The number of amides is 1. The fraction of sp³-hybridized carbons (Fsp3) is 0.714. The number of hydrogen-bond acceptors (Lipinski definition) is 3. The van der Waals surface area contributed by atoms with Gasteiger partial charge in [-0.3, -0.25) is 9.89 Å². The summed E-state index contributed by atoms with van der Waals surface area (Å²) in [5, 5.41) is 9.84. The van der Waals surface area contributed by atoms with Crippen molar-refractivity contribution in [2.45, 2.75) is 46.0 Å². The van der Waals surface area contributed by atoms with Crippen molar-refractivity contribution in [3.05, 3.63) is 11.4 Å². The smallest absolute Gasteiger partial charge is 0.273 e. The molecule has 2 atom stereocenters. The average molecular weight is 264 g/mol. The van der Waals surface area contributed by atoms with Crippen LogP contribution in [-0.2, 0) is 0 Å². The van der Waals surface area contributed by atoms with Crippen LogP contribution in [-0.4, -0.2) is 22.6 Å². The molecular formula is C14H24N4O. The molecule has 0 aromatic carbocycles. The van der Waals surface area contributed by atoms with E-state index in [-0.39, 0.29) is 11.8 Å². The largest absolute Gasteiger partial charge is 0.395 e. The second-order valence-corrected chi connectivity index (χ2v) is 6.05. The van der Waals surface area contributed by atoms with Crippen molar-refractivity contribution >= 4 is 11.6 Å². The number of carbonyl (C=O) groups is 1. The Hall–Kier alpha value is -1.52. The number of H-pyrrole nitrogens is 1. The highest BCUT2D eigenvalue weighted by Gasteiger charge is 2.23. The minimum Gasteiger partial charge on any atom is -0.395 e. The van der Waals surface area contributed by atoms with Crippen LogP contribution in [0.1, 0.15) is 62.1 Å². The molecule has 1 aliphatic carbocycles. The highest BCUT2D eigenvalue weighted by molar-refractivity contribution is 5.97. The van der Waals surface area contributed by atoms with E-state index in [2.05, 4.69) is 22.4 Å². The van der Waals surface area contributed by atoms with Crippen LogP contribution in [0.2, 0.25) is 0 Å². The van der Waals surface area contributed by atoms with Crippen LogP contribution in [0.3, 0.4) is 0 Å². The summed E-state index contributed by atoms with van der Waals surface area (Å²) in [6.45, 7) is 7.03. The monoisotopic (exact) mass is 264 g/mol. The lowest BCUT2D eigenvalue weighted by molar-refractivity contribution is 0.0943. The Balaban J connectivity index is 1.93. The number of rotatable bonds is 4. The Morgan fingerprint density at radius 1 is 1.53 bits per heavy atom. The lowest BCUT2D eigenvalue weighted by Gasteiger charge is -2.10. The van der Waals surface area contributed by atoms with Gasteiger partial charge in [-0.15, -0.1) is 0 Å². The van der Waals surface area contributed by atoms with E-state index in [4.69, 9.17) is 5.73 Å². The zero-order valence-electron chi connectivity index (χ0n) is 12.0. The van der Waals surface area contributed by atoms with Gasteiger partial charge in [0.2, 0.25) is 0 Å². The number of hydrogen-bond donors (Lipinski definition) is 3. The molecular weight excluding hydrogens is 240 g/mol. The van der Waals surface area contributed by atoms with Crippen molar-refractivity contribution in [1.29, 1.82) is 0 Å². The maximum absolute atomic E-state index is 12.1. The Labute approximate surface area is 114 Å². The van der Waals surface area contributed by atoms with Gasteiger partial charge in [0, 0.05) is 6.54 Å². The molecule has 1 amide bonds. The molecule has 0 aliphatic heterocycles. The van der Waals surface area contributed by atoms with E-state index in [0.29, 0.717) is 17.3 Å². The highest BCUT2D eigenvalue weighted by Crippen LogP contribution is 2.29. The zero-order valence-corrected chi connectivity index (χ0v) is 12.0. The minimum atomic E-state index is -0.166. The molecule has 1 aromatic heterocycles. The summed E-state index contributed by atoms with van der Waals surface area (Å²) in [5.74, 6) is 1.46. The topological polar surface area (TPSA) is 83.8 Å². The zero-order chi connectivity index (χ0) is 14.0. The Kier molecular flexibility index (Phi) is 4.12. The highest BCUT2D eigenvalue weighted by atomic mass is 16.1. The van der Waals surface area contributed by atoms with Crippen LogP contribution in [0.15, 0.2) is 0 Å². The molecule has 0 radical (unpaired) electrons. The fourth-order valence-corrected chi connectivity index (χ4v) is 2.81. The SMILES string of the molecule is CC1CCC(CNC(=O)c2n[nH]c(C(C)C)c2N)C1. The van der Waals surface area contributed by atoms with Gasteiger partial charge < -0.3 is 11.1 Å². The van der Waals surface area contributed by atoms with Gasteiger partial charge in [-0.25, -0.2) is 0 Å². The summed E-state index contributed by atoms with van der Waals surface area (Å²) in [5.41, 5.74) is 7.60. The standard InChI is InChI=1S/C14H24N4O/c1-8(2)12-11(15)13(18-17-12)14(19)16-7-10-5-4-9(3)6-10/h8-10H,4-7,15H2,1-3H3,(H,16,19)(H,17,18). The molecule has 1 saturated carbocycles. The van der Waals surface area contributed by atoms with Gasteiger partial charge in [-0.1, -0.05) is 27.2 Å². The molecule has 1 fully saturated rings. The third kappa shape index (κ3) is 3.08. The quantitative estimate of drug-likeness (QED) is 0.780. The number of nitrogens with two attached hydrogens (primary N) is 1. The molecule has 1 aromatic rings. The van der Waals surface area contributed by atoms with Crippen molar-refractivity contribution in [3.8, 4) is 0 Å². The van der Waals surface area contributed by atoms with Crippen LogP contribution in [0.4, 0.5) is 5.69 Å². The first kappa shape index (κ1) is 13.9. The molecule has 0 spiro atoms. The minimum absolute atomic E-state index is 0.166. The summed E-state index contributed by atoms with van der Waals surface area (Å²) in [6, 6.07) is 0. The molecule has 0 bridgehead atoms. The van der Waals surface area contributed by atoms with Gasteiger partial charge in [0.05, 0.1) is 11.4 Å². The van der Waals surface area contributed by atoms with Crippen LogP contribution in [0.25, 0.3) is 0 Å². The van der Waals surface area contributed by atoms with Crippen molar-refractivity contribution < 1.29 is 4.79 Å². The molecule has 1 aliphatic rings. The van der Waals surface area contributed by atoms with E-state index in [0.717, 1.165) is 18.2 Å². The second kappa shape index (κ2) is 5.63. The summed E-state index contributed by atoms with van der Waals surface area (Å²) >= 11 is 0. The summed E-state index contributed by atoms with van der Waals surface area (Å²) in [6.07, 6.45) is 3.67. The van der Waals surface area contributed by atoms with Gasteiger partial charge in [0.1, 0.15) is 0 Å². The van der Waals surface area contributed by atoms with Gasteiger partial charge in [-0.05, 0) is 30.6 Å². The number of nitrogen functional groups attached to an aromatic ring is 1. The molecule has 5 nitrogen and oxygen atoms in total. The molecule has 1 heterocycles. The first-order valence-corrected chi connectivity index (χ1v) is 7.11. The fourth-order valence-electron chi connectivity index (χ4n) is 2.81. The van der Waals surface area contributed by atoms with Crippen LogP contribution in [0, 0.1) is 11.8 Å². The van der Waals surface area contributed by atoms with Crippen molar-refractivity contribution in [3.63, 3.8) is 0 Å². The van der Waals surface area contributed by atoms with E-state index in [9.17, 15) is 4.79 Å². The summed E-state index contributed by atoms with van der Waals surface area (Å²) in [4.78, 5) is 12.1. The van der Waals surface area contributed by atoms with Crippen molar-refractivity contribution in [2.24, 2.45) is 11.8 Å². The van der Waals surface area contributed by atoms with E-state index >= 15 is 0 Å². The van der Waals surface area contributed by atoms with E-state index in [1.807, 2.05) is 13.8 Å². The van der Waals surface area contributed by atoms with E-state index < -0.39 is 0 Å². The van der Waals surface area contributed by atoms with E-state index in [1.54, 1.807) is 0 Å². The van der Waals surface area contributed by atoms with Crippen LogP contribution >= 0.6 is 0 Å². The number of nitrogens with one attached hydrogen (secondary N) is 2. The number of nitrogens with zero attached hydrogens (tertiary/aromatic N) is 1. The van der Waals surface area contributed by atoms with Gasteiger partial charge in [-0.2, -0.15) is 5.10 Å². The van der Waals surface area contributed by atoms with Crippen molar-refractivity contribution in [2.75, 3.05) is 12.3 Å². The van der Waals surface area contributed by atoms with Crippen molar-refractivity contribution in [1.82, 2.24) is 15.5 Å². The average Bonchev–Trinajstić information content (AvgIpc) is 2.92. The van der Waals surface area contributed by atoms with Gasteiger partial charge in [0.25, 0.3) is 5.91 Å². The lowest BCUT2D eigenvalue weighted by Crippen LogP contribution is -2.29. The maximum Gasteiger partial charge on any atom is 0.273 e. The molecule has 4 N–H and O–H groups in total. The number of aromatic nitrogens is 2. The Morgan fingerprint density at radius 3 is 2.79 bits per heavy atom. The predicted molar refractivity (Wildman–Crippen MR) is 75.9 cm³/mol. The van der Waals surface area contributed by atoms with Crippen LogP contribution < -0.4 is 11.1 Å². The maximum atomic E-state index is 12.1. The molecule has 106 valence electrons. The number of aromatic amines is 1. The normalized spacial score (nSPS) is 22.9. The third-order valence-electron chi connectivity index (χ3n) is 3.98. The molecule has 2 rings (SSSR count). The van der Waals surface area contributed by atoms with Gasteiger partial charge >= 0.3 is 0 Å². The van der Waals surface area contributed by atoms with E-state index in [1.165, 1.54) is 19.3 Å². The first-order valence-electron chi connectivity index (χ1n) is 7.11. The molecule has 2 unspecified atom stereocenters. The first-order chi connectivity index (χ1) is 8.99. The molecule has 19 heavy (non-hydrogen) atoms. The summed E-state index contributed by atoms with van der Waals surface area (Å²) in [7, 11) is 0. The Morgan fingerprint density at radius 2 is 2.26 bits per heavy atom. The van der Waals surface area contributed by atoms with Gasteiger partial charge in [0.15, 0.2) is 5.69 Å². The number of carbonyl (C=O) groups excluding carboxylic acids is 1. The van der Waals surface area contributed by atoms with Crippen LogP contribution in [0.5, 0.6) is 0 Å². The Bertz CT molecular complexity index is 452. The molecule has 5 heteroatoms. The summed E-state index contributed by atoms with van der Waals surface area (Å²) < 4.78 is 0. The predicted octanol–water partition coefficient (Wildman–Crippen LogP) is 2.28. The number of anilines is 1. The second-order valence-electron chi connectivity index (χ2n) is 6.05.